The van der Waals surface area contributed by atoms with E-state index in [1.54, 1.807) is 18.3 Å². The minimum absolute atomic E-state index is 0.0200. The number of nitrogens with one attached hydrogen (secondary N) is 1. The van der Waals surface area contributed by atoms with Crippen molar-refractivity contribution in [3.63, 3.8) is 0 Å². The van der Waals surface area contributed by atoms with Crippen molar-refractivity contribution >= 4 is 17.3 Å². The van der Waals surface area contributed by atoms with Crippen LogP contribution in [-0.2, 0) is 6.54 Å². The molecule has 0 amide bonds. The predicted molar refractivity (Wildman–Crippen MR) is 79.8 cm³/mol. The first kappa shape index (κ1) is 15.2. The molecule has 1 N–H and O–H groups in total. The van der Waals surface area contributed by atoms with E-state index in [2.05, 4.69) is 10.3 Å². The van der Waals surface area contributed by atoms with Crippen molar-refractivity contribution in [2.24, 2.45) is 0 Å². The Hall–Kier alpha value is -2.18. The summed E-state index contributed by atoms with van der Waals surface area (Å²) < 4.78 is 5.56. The number of hydrogen-bond donors (Lipinski definition) is 1. The zero-order valence-electron chi connectivity index (χ0n) is 11.4. The fourth-order valence-electron chi connectivity index (χ4n) is 1.75. The summed E-state index contributed by atoms with van der Waals surface area (Å²) in [5.74, 6) is 0.424. The predicted octanol–water partition coefficient (Wildman–Crippen LogP) is 3.55. The van der Waals surface area contributed by atoms with E-state index in [4.69, 9.17) is 16.3 Å². The molecule has 0 aliphatic heterocycles. The zero-order valence-corrected chi connectivity index (χ0v) is 12.1. The first-order valence-corrected chi connectivity index (χ1v) is 6.75. The highest BCUT2D eigenvalue weighted by Crippen LogP contribution is 2.37. The van der Waals surface area contributed by atoms with Gasteiger partial charge in [-0.3, -0.25) is 15.1 Å². The van der Waals surface area contributed by atoms with Crippen molar-refractivity contribution in [2.45, 2.75) is 13.5 Å². The number of pyridine rings is 1. The van der Waals surface area contributed by atoms with Gasteiger partial charge in [0.25, 0.3) is 0 Å². The molecule has 2 rings (SSSR count). The van der Waals surface area contributed by atoms with E-state index in [1.807, 2.05) is 6.92 Å². The van der Waals surface area contributed by atoms with Crippen molar-refractivity contribution in [1.29, 1.82) is 0 Å². The summed E-state index contributed by atoms with van der Waals surface area (Å²) in [6.07, 6.45) is 3.19. The van der Waals surface area contributed by atoms with E-state index >= 15 is 0 Å². The van der Waals surface area contributed by atoms with Crippen molar-refractivity contribution in [1.82, 2.24) is 10.3 Å². The average Bonchev–Trinajstić information content (AvgIpc) is 2.47. The number of nitro groups is 1. The molecule has 1 aromatic carbocycles. The second-order valence-electron chi connectivity index (χ2n) is 4.26. The number of aromatic nitrogens is 1. The summed E-state index contributed by atoms with van der Waals surface area (Å²) in [7, 11) is 0. The molecule has 0 aliphatic rings. The molecule has 0 atom stereocenters. The molecule has 0 unspecified atom stereocenters. The SMILES string of the molecule is CCNCc1cncc(Oc2c(Cl)cccc2[N+](=O)[O-])c1. The molecule has 0 bridgehead atoms. The van der Waals surface area contributed by atoms with Crippen LogP contribution in [-0.4, -0.2) is 16.5 Å². The minimum atomic E-state index is -0.531. The molecule has 21 heavy (non-hydrogen) atoms. The van der Waals surface area contributed by atoms with Crippen LogP contribution in [0.1, 0.15) is 12.5 Å². The van der Waals surface area contributed by atoms with E-state index in [1.165, 1.54) is 18.3 Å². The standard InChI is InChI=1S/C14H14ClN3O3/c1-2-16-7-10-6-11(9-17-8-10)21-14-12(15)4-3-5-13(14)18(19)20/h3-6,8-9,16H,2,7H2,1H3. The summed E-state index contributed by atoms with van der Waals surface area (Å²) in [6, 6.07) is 6.16. The van der Waals surface area contributed by atoms with Crippen molar-refractivity contribution in [3.8, 4) is 11.5 Å². The maximum atomic E-state index is 11.0. The third kappa shape index (κ3) is 3.90. The molecule has 0 saturated carbocycles. The molecule has 1 aromatic heterocycles. The highest BCUT2D eigenvalue weighted by molar-refractivity contribution is 6.32. The van der Waals surface area contributed by atoms with Crippen LogP contribution in [0.25, 0.3) is 0 Å². The quantitative estimate of drug-likeness (QED) is 0.652. The van der Waals surface area contributed by atoms with Gasteiger partial charge in [0, 0.05) is 18.8 Å². The van der Waals surface area contributed by atoms with Crippen molar-refractivity contribution < 1.29 is 9.66 Å². The number of nitro benzene ring substituents is 1. The number of nitrogens with zero attached hydrogens (tertiary/aromatic N) is 2. The molecule has 110 valence electrons. The topological polar surface area (TPSA) is 77.3 Å². The Morgan fingerprint density at radius 2 is 2.24 bits per heavy atom. The fraction of sp³-hybridized carbons (Fsp3) is 0.214. The Morgan fingerprint density at radius 3 is 2.95 bits per heavy atom. The summed E-state index contributed by atoms with van der Waals surface area (Å²) in [5, 5.41) is 14.4. The first-order valence-electron chi connectivity index (χ1n) is 6.37. The van der Waals surface area contributed by atoms with Crippen LogP contribution < -0.4 is 10.1 Å². The second-order valence-corrected chi connectivity index (χ2v) is 4.66. The number of benzene rings is 1. The Bertz CT molecular complexity index is 649. The molecule has 7 heteroatoms. The van der Waals surface area contributed by atoms with Gasteiger partial charge in [0.2, 0.25) is 5.75 Å². The van der Waals surface area contributed by atoms with Crippen LogP contribution in [0.4, 0.5) is 5.69 Å². The van der Waals surface area contributed by atoms with Gasteiger partial charge in [0.15, 0.2) is 0 Å². The van der Waals surface area contributed by atoms with Crippen LogP contribution >= 0.6 is 11.6 Å². The lowest BCUT2D eigenvalue weighted by molar-refractivity contribution is -0.385. The van der Waals surface area contributed by atoms with Crippen LogP contribution in [0.5, 0.6) is 11.5 Å². The molecule has 0 saturated heterocycles. The summed E-state index contributed by atoms with van der Waals surface area (Å²) in [6.45, 7) is 3.48. The smallest absolute Gasteiger partial charge is 0.313 e. The third-order valence-electron chi connectivity index (χ3n) is 2.71. The maximum Gasteiger partial charge on any atom is 0.313 e. The van der Waals surface area contributed by atoms with Crippen molar-refractivity contribution in [2.75, 3.05) is 6.54 Å². The van der Waals surface area contributed by atoms with Gasteiger partial charge < -0.3 is 10.1 Å². The largest absolute Gasteiger partial charge is 0.447 e. The van der Waals surface area contributed by atoms with Gasteiger partial charge in [0.1, 0.15) is 5.75 Å². The van der Waals surface area contributed by atoms with Gasteiger partial charge in [-0.15, -0.1) is 0 Å². The maximum absolute atomic E-state index is 11.0. The van der Waals surface area contributed by atoms with Gasteiger partial charge >= 0.3 is 5.69 Å². The van der Waals surface area contributed by atoms with E-state index < -0.39 is 4.92 Å². The molecular weight excluding hydrogens is 294 g/mol. The van der Waals surface area contributed by atoms with E-state index in [9.17, 15) is 10.1 Å². The molecule has 6 nitrogen and oxygen atoms in total. The van der Waals surface area contributed by atoms with E-state index in [0.29, 0.717) is 12.3 Å². The summed E-state index contributed by atoms with van der Waals surface area (Å²) in [5.41, 5.74) is 0.739. The van der Waals surface area contributed by atoms with Gasteiger partial charge in [0.05, 0.1) is 16.1 Å². The van der Waals surface area contributed by atoms with E-state index in [-0.39, 0.29) is 16.5 Å². The minimum Gasteiger partial charge on any atom is -0.447 e. The normalized spacial score (nSPS) is 10.4. The van der Waals surface area contributed by atoms with Gasteiger partial charge in [-0.05, 0) is 24.2 Å². The van der Waals surface area contributed by atoms with Gasteiger partial charge in [-0.1, -0.05) is 24.6 Å². The van der Waals surface area contributed by atoms with E-state index in [0.717, 1.165) is 12.1 Å². The van der Waals surface area contributed by atoms with Crippen LogP contribution in [0.15, 0.2) is 36.7 Å². The number of ether oxygens (including phenoxy) is 1. The molecule has 0 aliphatic carbocycles. The van der Waals surface area contributed by atoms with Crippen molar-refractivity contribution in [3.05, 3.63) is 57.4 Å². The number of hydrogen-bond acceptors (Lipinski definition) is 5. The monoisotopic (exact) mass is 307 g/mol. The highest BCUT2D eigenvalue weighted by Gasteiger charge is 2.19. The summed E-state index contributed by atoms with van der Waals surface area (Å²) >= 11 is 5.98. The second kappa shape index (κ2) is 7.01. The Kier molecular flexibility index (Phi) is 5.08. The number of rotatable bonds is 6. The molecule has 0 spiro atoms. The molecule has 2 aromatic rings. The lowest BCUT2D eigenvalue weighted by atomic mass is 10.2. The number of para-hydroxylation sites is 1. The molecule has 0 radical (unpaired) electrons. The molecule has 1 heterocycles. The Labute approximate surface area is 126 Å². The number of halogens is 1. The van der Waals surface area contributed by atoms with Gasteiger partial charge in [-0.25, -0.2) is 0 Å². The van der Waals surface area contributed by atoms with Crippen LogP contribution in [0.3, 0.4) is 0 Å². The lowest BCUT2D eigenvalue weighted by Gasteiger charge is -2.09. The van der Waals surface area contributed by atoms with Crippen LogP contribution in [0.2, 0.25) is 5.02 Å². The molecular formula is C14H14ClN3O3. The Balaban J connectivity index is 2.28. The first-order chi connectivity index (χ1) is 10.1. The highest BCUT2D eigenvalue weighted by atomic mass is 35.5. The molecule has 0 fully saturated rings. The summed E-state index contributed by atoms with van der Waals surface area (Å²) in [4.78, 5) is 14.5. The lowest BCUT2D eigenvalue weighted by Crippen LogP contribution is -2.11. The average molecular weight is 308 g/mol. The fourth-order valence-corrected chi connectivity index (χ4v) is 1.95. The van der Waals surface area contributed by atoms with Gasteiger partial charge in [-0.2, -0.15) is 0 Å². The third-order valence-corrected chi connectivity index (χ3v) is 3.01. The Morgan fingerprint density at radius 1 is 1.43 bits per heavy atom. The van der Waals surface area contributed by atoms with Crippen LogP contribution in [0, 0.1) is 10.1 Å². The zero-order chi connectivity index (χ0) is 15.2.